The lowest BCUT2D eigenvalue weighted by atomic mass is 10.2. The van der Waals surface area contributed by atoms with E-state index in [9.17, 15) is 4.79 Å². The molecule has 0 bridgehead atoms. The van der Waals surface area contributed by atoms with Crippen LogP contribution in [0.4, 0.5) is 5.69 Å². The molecule has 31 heavy (non-hydrogen) atoms. The number of anilines is 1. The highest BCUT2D eigenvalue weighted by atomic mass is 16.1. The van der Waals surface area contributed by atoms with Crippen LogP contribution in [0.1, 0.15) is 12.1 Å². The molecule has 0 fully saturated rings. The van der Waals surface area contributed by atoms with Gasteiger partial charge in [-0.15, -0.1) is 5.10 Å². The summed E-state index contributed by atoms with van der Waals surface area (Å²) in [6.45, 7) is 0.418. The third kappa shape index (κ3) is 4.23. The van der Waals surface area contributed by atoms with Gasteiger partial charge in [0.1, 0.15) is 12.2 Å². The average Bonchev–Trinajstić information content (AvgIpc) is 3.54. The van der Waals surface area contributed by atoms with Gasteiger partial charge in [0.25, 0.3) is 0 Å². The highest BCUT2D eigenvalue weighted by Crippen LogP contribution is 2.18. The van der Waals surface area contributed by atoms with Crippen molar-refractivity contribution in [1.82, 2.24) is 29.8 Å². The van der Waals surface area contributed by atoms with E-state index in [1.165, 1.54) is 0 Å². The van der Waals surface area contributed by atoms with Crippen molar-refractivity contribution in [3.63, 3.8) is 0 Å². The van der Waals surface area contributed by atoms with E-state index in [0.717, 1.165) is 28.0 Å². The number of nitrogens with one attached hydrogen (secondary N) is 2. The van der Waals surface area contributed by atoms with Gasteiger partial charge in [-0.25, -0.2) is 9.36 Å². The smallest absolute Gasteiger partial charge is 0.224 e. The monoisotopic (exact) mass is 411 g/mol. The number of rotatable bonds is 7. The van der Waals surface area contributed by atoms with E-state index in [1.807, 2.05) is 54.6 Å². The highest BCUT2D eigenvalue weighted by molar-refractivity contribution is 5.90. The van der Waals surface area contributed by atoms with Crippen molar-refractivity contribution in [2.24, 2.45) is 0 Å². The Bertz CT molecular complexity index is 1320. The van der Waals surface area contributed by atoms with Crippen LogP contribution in [0.3, 0.4) is 0 Å². The predicted octanol–water partition coefficient (Wildman–Crippen LogP) is 3.70. The molecule has 0 aliphatic rings. The number of aryl methyl sites for hydroxylation is 1. The van der Waals surface area contributed by atoms with Gasteiger partial charge in [0.2, 0.25) is 5.91 Å². The van der Waals surface area contributed by atoms with E-state index in [1.54, 1.807) is 21.8 Å². The van der Waals surface area contributed by atoms with Crippen molar-refractivity contribution in [1.29, 1.82) is 0 Å². The van der Waals surface area contributed by atoms with Crippen molar-refractivity contribution in [2.45, 2.75) is 19.5 Å². The van der Waals surface area contributed by atoms with E-state index in [0.29, 0.717) is 25.2 Å². The Kier molecular flexibility index (Phi) is 5.02. The summed E-state index contributed by atoms with van der Waals surface area (Å²) in [5.74, 6) is -0.0541. The first-order valence-electron chi connectivity index (χ1n) is 10.1. The zero-order chi connectivity index (χ0) is 21.0. The van der Waals surface area contributed by atoms with Crippen molar-refractivity contribution < 1.29 is 4.79 Å². The molecular weight excluding hydrogens is 390 g/mol. The number of hydrogen-bond donors (Lipinski definition) is 2. The third-order valence-electron chi connectivity index (χ3n) is 5.07. The van der Waals surface area contributed by atoms with Crippen LogP contribution < -0.4 is 5.32 Å². The molecule has 0 aliphatic carbocycles. The maximum atomic E-state index is 12.4. The fraction of sp³-hybridized carbons (Fsp3) is 0.130. The molecule has 0 saturated heterocycles. The van der Waals surface area contributed by atoms with Gasteiger partial charge in [-0.1, -0.05) is 47.7 Å². The summed E-state index contributed by atoms with van der Waals surface area (Å²) in [6, 6.07) is 22.0. The highest BCUT2D eigenvalue weighted by Gasteiger charge is 2.09. The van der Waals surface area contributed by atoms with Crippen molar-refractivity contribution in [3.8, 4) is 11.3 Å². The molecule has 0 radical (unpaired) electrons. The van der Waals surface area contributed by atoms with E-state index < -0.39 is 0 Å². The fourth-order valence-corrected chi connectivity index (χ4v) is 3.51. The molecule has 2 aromatic carbocycles. The molecule has 2 N–H and O–H groups in total. The first-order valence-corrected chi connectivity index (χ1v) is 10.1. The summed E-state index contributed by atoms with van der Waals surface area (Å²) in [4.78, 5) is 15.8. The molecule has 8 nitrogen and oxygen atoms in total. The van der Waals surface area contributed by atoms with Gasteiger partial charge < -0.3 is 10.3 Å². The second kappa shape index (κ2) is 8.27. The minimum Gasteiger partial charge on any atom is -0.358 e. The van der Waals surface area contributed by atoms with E-state index in [4.69, 9.17) is 0 Å². The number of amides is 1. The number of hydrogen-bond acceptors (Lipinski definition) is 4. The number of nitrogens with zero attached hydrogens (tertiary/aromatic N) is 5. The number of aromatic amines is 1. The van der Waals surface area contributed by atoms with Gasteiger partial charge in [0.05, 0.1) is 23.6 Å². The Morgan fingerprint density at radius 2 is 1.84 bits per heavy atom. The molecule has 0 atom stereocenters. The maximum Gasteiger partial charge on any atom is 0.224 e. The van der Waals surface area contributed by atoms with Gasteiger partial charge >= 0.3 is 0 Å². The largest absolute Gasteiger partial charge is 0.358 e. The molecule has 3 heterocycles. The normalized spacial score (nSPS) is 11.1. The molecule has 154 valence electrons. The quantitative estimate of drug-likeness (QED) is 0.427. The van der Waals surface area contributed by atoms with Gasteiger partial charge in [-0.05, 0) is 36.2 Å². The summed E-state index contributed by atoms with van der Waals surface area (Å²) in [5, 5.41) is 15.5. The van der Waals surface area contributed by atoms with Gasteiger partial charge in [0, 0.05) is 17.8 Å². The van der Waals surface area contributed by atoms with Crippen molar-refractivity contribution in [2.75, 3.05) is 5.32 Å². The van der Waals surface area contributed by atoms with Crippen LogP contribution in [-0.2, 0) is 17.9 Å². The lowest BCUT2D eigenvalue weighted by molar-refractivity contribution is -0.116. The van der Waals surface area contributed by atoms with E-state index in [-0.39, 0.29) is 5.91 Å². The second-order valence-electron chi connectivity index (χ2n) is 7.30. The van der Waals surface area contributed by atoms with Crippen molar-refractivity contribution >= 4 is 22.6 Å². The molecule has 5 aromatic rings. The lowest BCUT2D eigenvalue weighted by Crippen LogP contribution is -2.12. The molecule has 5 rings (SSSR count). The van der Waals surface area contributed by atoms with Gasteiger partial charge in [0.15, 0.2) is 0 Å². The number of carbonyl (C=O) groups is 1. The lowest BCUT2D eigenvalue weighted by Gasteiger charge is -2.03. The molecule has 1 amide bonds. The average molecular weight is 411 g/mol. The first kappa shape index (κ1) is 18.8. The number of aromatic nitrogens is 6. The van der Waals surface area contributed by atoms with Crippen LogP contribution in [-0.4, -0.2) is 35.7 Å². The standard InChI is InChI=1S/C23H21N7O/c31-23(13-11-18-10-12-20(25-18)17-6-2-1-3-7-17)26-19-14-24-29(15-19)16-30-22-9-5-4-8-21(22)27-28-30/h1-10,12,14-15,25H,11,13,16H2,(H,26,31). The molecule has 0 spiro atoms. The Morgan fingerprint density at radius 1 is 1.00 bits per heavy atom. The summed E-state index contributed by atoms with van der Waals surface area (Å²) in [5.41, 5.74) is 5.64. The summed E-state index contributed by atoms with van der Waals surface area (Å²) in [7, 11) is 0. The summed E-state index contributed by atoms with van der Waals surface area (Å²) < 4.78 is 3.48. The minimum absolute atomic E-state index is 0.0541. The van der Waals surface area contributed by atoms with Crippen LogP contribution in [0.25, 0.3) is 22.3 Å². The number of H-pyrrole nitrogens is 1. The Balaban J connectivity index is 1.16. The van der Waals surface area contributed by atoms with Crippen LogP contribution in [0.5, 0.6) is 0 Å². The van der Waals surface area contributed by atoms with E-state index in [2.05, 4.69) is 37.8 Å². The zero-order valence-corrected chi connectivity index (χ0v) is 16.8. The van der Waals surface area contributed by atoms with Gasteiger partial charge in [-0.2, -0.15) is 5.10 Å². The summed E-state index contributed by atoms with van der Waals surface area (Å²) in [6.07, 6.45) is 4.45. The topological polar surface area (TPSA) is 93.4 Å². The Hall–Kier alpha value is -4.20. The number of fused-ring (bicyclic) bond motifs is 1. The number of carbonyl (C=O) groups excluding carboxylic acids is 1. The molecule has 0 aliphatic heterocycles. The molecule has 0 saturated carbocycles. The van der Waals surface area contributed by atoms with E-state index >= 15 is 0 Å². The zero-order valence-electron chi connectivity index (χ0n) is 16.8. The molecule has 8 heteroatoms. The molecular formula is C23H21N7O. The molecule has 0 unspecified atom stereocenters. The van der Waals surface area contributed by atoms with Crippen molar-refractivity contribution in [3.05, 3.63) is 84.8 Å². The SMILES string of the molecule is O=C(CCc1ccc(-c2ccccc2)[nH]1)Nc1cnn(Cn2nnc3ccccc32)c1. The number of benzene rings is 2. The van der Waals surface area contributed by atoms with Crippen LogP contribution >= 0.6 is 0 Å². The Labute approximate surface area is 178 Å². The number of para-hydroxylation sites is 1. The van der Waals surface area contributed by atoms with Crippen LogP contribution in [0.15, 0.2) is 79.1 Å². The predicted molar refractivity (Wildman–Crippen MR) is 118 cm³/mol. The maximum absolute atomic E-state index is 12.4. The molecule has 3 aromatic heterocycles. The van der Waals surface area contributed by atoms with Crippen LogP contribution in [0.2, 0.25) is 0 Å². The summed E-state index contributed by atoms with van der Waals surface area (Å²) >= 11 is 0. The second-order valence-corrected chi connectivity index (χ2v) is 7.30. The first-order chi connectivity index (χ1) is 15.2. The Morgan fingerprint density at radius 3 is 2.74 bits per heavy atom. The minimum atomic E-state index is -0.0541. The third-order valence-corrected chi connectivity index (χ3v) is 5.07. The van der Waals surface area contributed by atoms with Crippen LogP contribution in [0, 0.1) is 0 Å². The fourth-order valence-electron chi connectivity index (χ4n) is 3.51. The van der Waals surface area contributed by atoms with Gasteiger partial charge in [-0.3, -0.25) is 4.79 Å².